The fourth-order valence-electron chi connectivity index (χ4n) is 1.79. The van der Waals surface area contributed by atoms with Crippen molar-refractivity contribution in [3.8, 4) is 0 Å². The molecule has 2 aromatic heterocycles. The van der Waals surface area contributed by atoms with Crippen LogP contribution < -0.4 is 5.32 Å². The number of aromatic nitrogens is 3. The van der Waals surface area contributed by atoms with E-state index < -0.39 is 0 Å². The van der Waals surface area contributed by atoms with Crippen molar-refractivity contribution < 1.29 is 0 Å². The minimum atomic E-state index is 0.657. The summed E-state index contributed by atoms with van der Waals surface area (Å²) in [6, 6.07) is 6.06. The smallest absolute Gasteiger partial charge is 0.0835 e. The van der Waals surface area contributed by atoms with Crippen molar-refractivity contribution in [2.75, 3.05) is 6.54 Å². The molecule has 2 heterocycles. The molecule has 0 radical (unpaired) electrons. The zero-order chi connectivity index (χ0) is 13.7. The Labute approximate surface area is 122 Å². The van der Waals surface area contributed by atoms with Crippen LogP contribution in [0.2, 0.25) is 0 Å². The maximum atomic E-state index is 4.37. The molecule has 0 aliphatic carbocycles. The third-order valence-electron chi connectivity index (χ3n) is 2.76. The van der Waals surface area contributed by atoms with Crippen LogP contribution in [0.1, 0.15) is 25.2 Å². The molecule has 0 atom stereocenters. The monoisotopic (exact) mass is 322 g/mol. The highest BCUT2D eigenvalue weighted by Gasteiger charge is 2.04. The number of hydrogen-bond acceptors (Lipinski definition) is 3. The SMILES string of the molecule is CC(C)CNCc1ccnn1Cc1ccc(Br)cn1. The first-order valence-electron chi connectivity index (χ1n) is 6.47. The van der Waals surface area contributed by atoms with Gasteiger partial charge in [-0.05, 0) is 46.6 Å². The van der Waals surface area contributed by atoms with Gasteiger partial charge < -0.3 is 5.32 Å². The summed E-state index contributed by atoms with van der Waals surface area (Å²) in [7, 11) is 0. The quantitative estimate of drug-likeness (QED) is 0.889. The molecule has 0 unspecified atom stereocenters. The van der Waals surface area contributed by atoms with Crippen LogP contribution in [0.5, 0.6) is 0 Å². The van der Waals surface area contributed by atoms with Gasteiger partial charge in [-0.1, -0.05) is 13.8 Å². The lowest BCUT2D eigenvalue weighted by Crippen LogP contribution is -2.21. The van der Waals surface area contributed by atoms with E-state index in [0.717, 1.165) is 23.3 Å². The lowest BCUT2D eigenvalue weighted by atomic mass is 10.2. The average molecular weight is 323 g/mol. The molecule has 1 N–H and O–H groups in total. The Morgan fingerprint density at radius 3 is 2.84 bits per heavy atom. The molecule has 5 heteroatoms. The number of pyridine rings is 1. The number of hydrogen-bond donors (Lipinski definition) is 1. The molecule has 0 aromatic carbocycles. The van der Waals surface area contributed by atoms with Crippen LogP contribution in [0.25, 0.3) is 0 Å². The molecule has 4 nitrogen and oxygen atoms in total. The van der Waals surface area contributed by atoms with E-state index in [0.29, 0.717) is 12.5 Å². The lowest BCUT2D eigenvalue weighted by molar-refractivity contribution is 0.528. The highest BCUT2D eigenvalue weighted by molar-refractivity contribution is 9.10. The Morgan fingerprint density at radius 1 is 1.32 bits per heavy atom. The Hall–Kier alpha value is -1.20. The van der Waals surface area contributed by atoms with E-state index in [-0.39, 0.29) is 0 Å². The first-order valence-corrected chi connectivity index (χ1v) is 7.26. The van der Waals surface area contributed by atoms with Gasteiger partial charge >= 0.3 is 0 Å². The summed E-state index contributed by atoms with van der Waals surface area (Å²) < 4.78 is 2.99. The summed E-state index contributed by atoms with van der Waals surface area (Å²) in [5, 5.41) is 7.79. The molecular weight excluding hydrogens is 304 g/mol. The van der Waals surface area contributed by atoms with Crippen LogP contribution in [0.15, 0.2) is 35.1 Å². The second kappa shape index (κ2) is 6.82. The van der Waals surface area contributed by atoms with E-state index in [4.69, 9.17) is 0 Å². The topological polar surface area (TPSA) is 42.7 Å². The van der Waals surface area contributed by atoms with Crippen LogP contribution in [0.4, 0.5) is 0 Å². The van der Waals surface area contributed by atoms with Crippen molar-refractivity contribution in [1.29, 1.82) is 0 Å². The lowest BCUT2D eigenvalue weighted by Gasteiger charge is -2.10. The van der Waals surface area contributed by atoms with Crippen molar-refractivity contribution in [3.63, 3.8) is 0 Å². The van der Waals surface area contributed by atoms with Crippen LogP contribution in [0, 0.1) is 5.92 Å². The largest absolute Gasteiger partial charge is 0.311 e. The van der Waals surface area contributed by atoms with Gasteiger partial charge in [-0.2, -0.15) is 5.10 Å². The standard InChI is InChI=1S/C14H19BrN4/c1-11(2)7-16-9-14-5-6-18-19(14)10-13-4-3-12(15)8-17-13/h3-6,8,11,16H,7,9-10H2,1-2H3. The van der Waals surface area contributed by atoms with Crippen LogP contribution in [0.3, 0.4) is 0 Å². The van der Waals surface area contributed by atoms with E-state index >= 15 is 0 Å². The normalized spacial score (nSPS) is 11.2. The van der Waals surface area contributed by atoms with E-state index in [2.05, 4.69) is 45.2 Å². The summed E-state index contributed by atoms with van der Waals surface area (Å²) in [6.45, 7) is 6.97. The highest BCUT2D eigenvalue weighted by atomic mass is 79.9. The van der Waals surface area contributed by atoms with Crippen molar-refractivity contribution in [2.45, 2.75) is 26.9 Å². The van der Waals surface area contributed by atoms with Crippen molar-refractivity contribution >= 4 is 15.9 Å². The summed E-state index contributed by atoms with van der Waals surface area (Å²) in [4.78, 5) is 4.37. The third kappa shape index (κ3) is 4.44. The van der Waals surface area contributed by atoms with E-state index in [1.165, 1.54) is 5.69 Å². The van der Waals surface area contributed by atoms with Gasteiger partial charge in [-0.3, -0.25) is 9.67 Å². The van der Waals surface area contributed by atoms with Crippen LogP contribution >= 0.6 is 15.9 Å². The Kier molecular flexibility index (Phi) is 5.10. The summed E-state index contributed by atoms with van der Waals surface area (Å²) in [5.41, 5.74) is 2.20. The fourth-order valence-corrected chi connectivity index (χ4v) is 2.03. The predicted molar refractivity (Wildman–Crippen MR) is 79.8 cm³/mol. The predicted octanol–water partition coefficient (Wildman–Crippen LogP) is 2.83. The molecule has 0 amide bonds. The zero-order valence-electron chi connectivity index (χ0n) is 11.3. The first kappa shape index (κ1) is 14.2. The summed E-state index contributed by atoms with van der Waals surface area (Å²) in [5.74, 6) is 0.657. The van der Waals surface area contributed by atoms with Gasteiger partial charge in [-0.15, -0.1) is 0 Å². The first-order chi connectivity index (χ1) is 9.15. The number of nitrogens with one attached hydrogen (secondary N) is 1. The third-order valence-corrected chi connectivity index (χ3v) is 3.23. The van der Waals surface area contributed by atoms with Crippen LogP contribution in [-0.4, -0.2) is 21.3 Å². The van der Waals surface area contributed by atoms with Gasteiger partial charge in [0, 0.05) is 23.4 Å². The molecule has 0 aliphatic rings. The summed E-state index contributed by atoms with van der Waals surface area (Å²) in [6.07, 6.45) is 3.65. The second-order valence-electron chi connectivity index (χ2n) is 4.97. The molecule has 0 fully saturated rings. The molecule has 2 rings (SSSR count). The van der Waals surface area contributed by atoms with E-state index in [9.17, 15) is 0 Å². The molecule has 0 aliphatic heterocycles. The molecular formula is C14H19BrN4. The Morgan fingerprint density at radius 2 is 2.16 bits per heavy atom. The molecule has 0 saturated heterocycles. The Balaban J connectivity index is 1.97. The minimum absolute atomic E-state index is 0.657. The zero-order valence-corrected chi connectivity index (χ0v) is 12.9. The van der Waals surface area contributed by atoms with E-state index in [1.807, 2.05) is 35.3 Å². The average Bonchev–Trinajstić information content (AvgIpc) is 2.79. The number of halogens is 1. The van der Waals surface area contributed by atoms with Crippen molar-refractivity contribution in [3.05, 3.63) is 46.5 Å². The molecule has 0 saturated carbocycles. The highest BCUT2D eigenvalue weighted by Crippen LogP contribution is 2.09. The molecule has 2 aromatic rings. The van der Waals surface area contributed by atoms with Gasteiger partial charge in [0.2, 0.25) is 0 Å². The van der Waals surface area contributed by atoms with Gasteiger partial charge in [0.15, 0.2) is 0 Å². The van der Waals surface area contributed by atoms with Crippen molar-refractivity contribution in [1.82, 2.24) is 20.1 Å². The van der Waals surface area contributed by atoms with Gasteiger partial charge in [0.05, 0.1) is 17.9 Å². The molecule has 0 bridgehead atoms. The molecule has 19 heavy (non-hydrogen) atoms. The summed E-state index contributed by atoms with van der Waals surface area (Å²) >= 11 is 3.39. The van der Waals surface area contributed by atoms with Crippen molar-refractivity contribution in [2.24, 2.45) is 5.92 Å². The molecule has 102 valence electrons. The van der Waals surface area contributed by atoms with Gasteiger partial charge in [-0.25, -0.2) is 0 Å². The fraction of sp³-hybridized carbons (Fsp3) is 0.429. The number of rotatable bonds is 6. The minimum Gasteiger partial charge on any atom is -0.311 e. The van der Waals surface area contributed by atoms with E-state index in [1.54, 1.807) is 0 Å². The second-order valence-corrected chi connectivity index (χ2v) is 5.89. The maximum Gasteiger partial charge on any atom is 0.0835 e. The van der Waals surface area contributed by atoms with Crippen LogP contribution in [-0.2, 0) is 13.1 Å². The Bertz CT molecular complexity index is 504. The maximum absolute atomic E-state index is 4.37. The number of nitrogens with zero attached hydrogens (tertiary/aromatic N) is 3. The van der Waals surface area contributed by atoms with Gasteiger partial charge in [0.1, 0.15) is 0 Å². The van der Waals surface area contributed by atoms with Gasteiger partial charge in [0.25, 0.3) is 0 Å². The molecule has 0 spiro atoms.